The van der Waals surface area contributed by atoms with E-state index in [4.69, 9.17) is 0 Å². The molecule has 0 aliphatic carbocycles. The van der Waals surface area contributed by atoms with Gasteiger partial charge in [-0.05, 0) is 29.8 Å². The topological polar surface area (TPSA) is 83.6 Å². The first kappa shape index (κ1) is 23.4. The zero-order chi connectivity index (χ0) is 23.1. The van der Waals surface area contributed by atoms with Crippen LogP contribution in [0, 0.1) is 0 Å². The van der Waals surface area contributed by atoms with Gasteiger partial charge in [-0.15, -0.1) is 0 Å². The molecule has 0 spiro atoms. The molecule has 0 aromatic heterocycles. The van der Waals surface area contributed by atoms with E-state index in [0.29, 0.717) is 29.8 Å². The molecule has 0 saturated carbocycles. The van der Waals surface area contributed by atoms with Crippen molar-refractivity contribution in [2.24, 2.45) is 0 Å². The number of hydrogen-bond acceptors (Lipinski definition) is 4. The van der Waals surface area contributed by atoms with Gasteiger partial charge in [-0.25, -0.2) is 8.42 Å². The minimum Gasteiger partial charge on any atom is -0.348 e. The average molecular weight is 451 g/mol. The maximum absolute atomic E-state index is 12.6. The second-order valence-electron chi connectivity index (χ2n) is 7.19. The van der Waals surface area contributed by atoms with Crippen LogP contribution in [-0.4, -0.2) is 37.5 Å². The van der Waals surface area contributed by atoms with Crippen LogP contribution in [0.25, 0.3) is 0 Å². The Morgan fingerprint density at radius 3 is 1.84 bits per heavy atom. The number of carbonyl (C=O) groups excluding carboxylic acids is 2. The summed E-state index contributed by atoms with van der Waals surface area (Å²) in [6.45, 7) is 4.68. The van der Waals surface area contributed by atoms with Crippen molar-refractivity contribution in [3.63, 3.8) is 0 Å². The third-order valence-electron chi connectivity index (χ3n) is 5.16. The predicted molar refractivity (Wildman–Crippen MR) is 124 cm³/mol. The van der Waals surface area contributed by atoms with Gasteiger partial charge in [-0.1, -0.05) is 68.4 Å². The molecule has 3 aromatic carbocycles. The summed E-state index contributed by atoms with van der Waals surface area (Å²) in [5.41, 5.74) is 2.33. The highest BCUT2D eigenvalue weighted by molar-refractivity contribution is 7.89. The summed E-state index contributed by atoms with van der Waals surface area (Å²) in [7, 11) is -3.51. The molecule has 0 unspecified atom stereocenters. The van der Waals surface area contributed by atoms with E-state index in [2.05, 4.69) is 5.32 Å². The number of nitrogens with zero attached hydrogens (tertiary/aromatic N) is 1. The van der Waals surface area contributed by atoms with E-state index in [1.165, 1.54) is 4.31 Å². The molecule has 3 rings (SSSR count). The molecule has 1 N–H and O–H groups in total. The summed E-state index contributed by atoms with van der Waals surface area (Å²) >= 11 is 0. The first-order chi connectivity index (χ1) is 15.4. The number of sulfonamides is 1. The Morgan fingerprint density at radius 2 is 1.28 bits per heavy atom. The predicted octanol–water partition coefficient (Wildman–Crippen LogP) is 3.88. The third kappa shape index (κ3) is 5.30. The fraction of sp³-hybridized carbons (Fsp3) is 0.200. The molecule has 32 heavy (non-hydrogen) atoms. The maximum Gasteiger partial charge on any atom is 0.251 e. The third-order valence-corrected chi connectivity index (χ3v) is 7.23. The fourth-order valence-corrected chi connectivity index (χ4v) is 4.76. The minimum absolute atomic E-state index is 0.0997. The van der Waals surface area contributed by atoms with Gasteiger partial charge in [0, 0.05) is 36.3 Å². The highest BCUT2D eigenvalue weighted by Crippen LogP contribution is 2.16. The lowest BCUT2D eigenvalue weighted by Gasteiger charge is -2.18. The fourth-order valence-electron chi connectivity index (χ4n) is 3.31. The molecule has 1 amide bonds. The molecule has 0 fully saturated rings. The summed E-state index contributed by atoms with van der Waals surface area (Å²) < 4.78 is 26.5. The smallest absolute Gasteiger partial charge is 0.251 e. The van der Waals surface area contributed by atoms with Crippen molar-refractivity contribution in [2.45, 2.75) is 25.3 Å². The highest BCUT2D eigenvalue weighted by atomic mass is 32.2. The van der Waals surface area contributed by atoms with Crippen LogP contribution >= 0.6 is 0 Å². The van der Waals surface area contributed by atoms with Gasteiger partial charge >= 0.3 is 0 Å². The Hall–Kier alpha value is -3.29. The normalized spacial score (nSPS) is 11.3. The Labute approximate surface area is 188 Å². The van der Waals surface area contributed by atoms with E-state index in [0.717, 1.165) is 5.56 Å². The summed E-state index contributed by atoms with van der Waals surface area (Å²) in [6.07, 6.45) is 0. The van der Waals surface area contributed by atoms with E-state index in [1.807, 2.05) is 6.07 Å². The first-order valence-electron chi connectivity index (χ1n) is 10.4. The van der Waals surface area contributed by atoms with E-state index in [-0.39, 0.29) is 23.1 Å². The van der Waals surface area contributed by atoms with Gasteiger partial charge in [-0.2, -0.15) is 4.31 Å². The highest BCUT2D eigenvalue weighted by Gasteiger charge is 2.21. The van der Waals surface area contributed by atoms with E-state index < -0.39 is 10.0 Å². The molecule has 0 atom stereocenters. The molecular formula is C25H26N2O4S. The van der Waals surface area contributed by atoms with Crippen molar-refractivity contribution in [3.05, 3.63) is 101 Å². The SMILES string of the molecule is CCN(CC)S(=O)(=O)c1ccc(CNC(=O)c2ccc(C(=O)c3ccccc3)cc2)cc1. The number of benzene rings is 3. The van der Waals surface area contributed by atoms with E-state index in [9.17, 15) is 18.0 Å². The van der Waals surface area contributed by atoms with Crippen molar-refractivity contribution in [1.82, 2.24) is 9.62 Å². The zero-order valence-corrected chi connectivity index (χ0v) is 18.9. The lowest BCUT2D eigenvalue weighted by Crippen LogP contribution is -2.30. The molecule has 0 radical (unpaired) electrons. The monoisotopic (exact) mass is 450 g/mol. The Kier molecular flexibility index (Phi) is 7.56. The van der Waals surface area contributed by atoms with Crippen LogP contribution in [0.1, 0.15) is 45.7 Å². The second-order valence-corrected chi connectivity index (χ2v) is 9.13. The van der Waals surface area contributed by atoms with E-state index >= 15 is 0 Å². The largest absolute Gasteiger partial charge is 0.348 e. The second kappa shape index (κ2) is 10.3. The molecule has 3 aromatic rings. The molecule has 6 nitrogen and oxygen atoms in total. The number of rotatable bonds is 9. The molecule has 0 aliphatic rings. The molecule has 166 valence electrons. The Morgan fingerprint density at radius 1 is 0.750 bits per heavy atom. The molecule has 0 saturated heterocycles. The van der Waals surface area contributed by atoms with Gasteiger partial charge in [-0.3, -0.25) is 9.59 Å². The maximum atomic E-state index is 12.6. The van der Waals surface area contributed by atoms with Crippen LogP contribution in [0.5, 0.6) is 0 Å². The molecule has 0 bridgehead atoms. The van der Waals surface area contributed by atoms with Gasteiger partial charge in [0.2, 0.25) is 10.0 Å². The Balaban J connectivity index is 1.61. The molecular weight excluding hydrogens is 424 g/mol. The minimum atomic E-state index is -3.51. The van der Waals surface area contributed by atoms with Crippen LogP contribution in [0.15, 0.2) is 83.8 Å². The lowest BCUT2D eigenvalue weighted by molar-refractivity contribution is 0.0949. The number of carbonyl (C=O) groups is 2. The van der Waals surface area contributed by atoms with Gasteiger partial charge in [0.1, 0.15) is 0 Å². The summed E-state index contributed by atoms with van der Waals surface area (Å²) in [5, 5.41) is 2.82. The summed E-state index contributed by atoms with van der Waals surface area (Å²) in [4.78, 5) is 25.2. The number of amides is 1. The number of hydrogen-bond donors (Lipinski definition) is 1. The van der Waals surface area contributed by atoms with Crippen LogP contribution in [0.4, 0.5) is 0 Å². The van der Waals surface area contributed by atoms with Crippen LogP contribution in [0.3, 0.4) is 0 Å². The summed E-state index contributed by atoms with van der Waals surface area (Å²) in [6, 6.07) is 22.0. The number of nitrogens with one attached hydrogen (secondary N) is 1. The van der Waals surface area contributed by atoms with Gasteiger partial charge < -0.3 is 5.32 Å². The van der Waals surface area contributed by atoms with Crippen molar-refractivity contribution in [1.29, 1.82) is 0 Å². The van der Waals surface area contributed by atoms with Crippen molar-refractivity contribution < 1.29 is 18.0 Å². The molecule has 0 aliphatic heterocycles. The van der Waals surface area contributed by atoms with Crippen LogP contribution in [0.2, 0.25) is 0 Å². The quantitative estimate of drug-likeness (QED) is 0.502. The first-order valence-corrected chi connectivity index (χ1v) is 11.9. The van der Waals surface area contributed by atoms with E-state index in [1.54, 1.807) is 86.6 Å². The summed E-state index contributed by atoms with van der Waals surface area (Å²) in [5.74, 6) is -0.374. The molecule has 0 heterocycles. The molecule has 7 heteroatoms. The van der Waals surface area contributed by atoms with Crippen molar-refractivity contribution in [3.8, 4) is 0 Å². The number of ketones is 1. The van der Waals surface area contributed by atoms with Crippen molar-refractivity contribution in [2.75, 3.05) is 13.1 Å². The average Bonchev–Trinajstić information content (AvgIpc) is 2.83. The van der Waals surface area contributed by atoms with Gasteiger partial charge in [0.15, 0.2) is 5.78 Å². The van der Waals surface area contributed by atoms with Crippen LogP contribution < -0.4 is 5.32 Å². The Bertz CT molecular complexity index is 1170. The van der Waals surface area contributed by atoms with Crippen LogP contribution in [-0.2, 0) is 16.6 Å². The standard InChI is InChI=1S/C25H26N2O4S/c1-3-27(4-2)32(30,31)23-16-10-19(11-17-23)18-26-25(29)22-14-12-21(13-15-22)24(28)20-8-6-5-7-9-20/h5-17H,3-4,18H2,1-2H3,(H,26,29). The van der Waals surface area contributed by atoms with Crippen molar-refractivity contribution >= 4 is 21.7 Å². The van der Waals surface area contributed by atoms with Gasteiger partial charge in [0.25, 0.3) is 5.91 Å². The van der Waals surface area contributed by atoms with Gasteiger partial charge in [0.05, 0.1) is 4.90 Å². The lowest BCUT2D eigenvalue weighted by atomic mass is 10.0. The zero-order valence-electron chi connectivity index (χ0n) is 18.1.